The minimum Gasteiger partial charge on any atom is -0.493 e. The zero-order chi connectivity index (χ0) is 13.8. The molecule has 0 aromatic heterocycles. The highest BCUT2D eigenvalue weighted by Gasteiger charge is 2.33. The topological polar surface area (TPSA) is 49.8 Å². The summed E-state index contributed by atoms with van der Waals surface area (Å²) in [6.07, 6.45) is 5.36. The van der Waals surface area contributed by atoms with E-state index in [1.54, 1.807) is 0 Å². The van der Waals surface area contributed by atoms with Gasteiger partial charge in [0.1, 0.15) is 5.75 Å². The van der Waals surface area contributed by atoms with Crippen LogP contribution in [-0.4, -0.2) is 35.7 Å². The SMILES string of the molecule is C#CCN(CC(=O)O)C1c2ccccc2OCC1C. The highest BCUT2D eigenvalue weighted by molar-refractivity contribution is 5.69. The second-order valence-corrected chi connectivity index (χ2v) is 4.77. The summed E-state index contributed by atoms with van der Waals surface area (Å²) in [5.41, 5.74) is 1.01. The quantitative estimate of drug-likeness (QED) is 0.837. The molecule has 100 valence electrons. The highest BCUT2D eigenvalue weighted by atomic mass is 16.5. The lowest BCUT2D eigenvalue weighted by Crippen LogP contribution is -2.40. The van der Waals surface area contributed by atoms with Crippen LogP contribution in [0, 0.1) is 18.3 Å². The average molecular weight is 259 g/mol. The number of carboxylic acids is 1. The van der Waals surface area contributed by atoms with Gasteiger partial charge in [-0.1, -0.05) is 31.0 Å². The van der Waals surface area contributed by atoms with E-state index < -0.39 is 5.97 Å². The van der Waals surface area contributed by atoms with Crippen molar-refractivity contribution < 1.29 is 14.6 Å². The molecule has 4 nitrogen and oxygen atoms in total. The van der Waals surface area contributed by atoms with Crippen molar-refractivity contribution in [2.45, 2.75) is 13.0 Å². The molecule has 1 aliphatic rings. The monoisotopic (exact) mass is 259 g/mol. The van der Waals surface area contributed by atoms with Crippen LogP contribution in [-0.2, 0) is 4.79 Å². The third kappa shape index (κ3) is 2.88. The fourth-order valence-corrected chi connectivity index (χ4v) is 2.58. The molecule has 0 aliphatic carbocycles. The van der Waals surface area contributed by atoms with Crippen molar-refractivity contribution >= 4 is 5.97 Å². The van der Waals surface area contributed by atoms with Crippen molar-refractivity contribution in [2.75, 3.05) is 19.7 Å². The molecule has 4 heteroatoms. The van der Waals surface area contributed by atoms with Gasteiger partial charge in [-0.15, -0.1) is 6.42 Å². The average Bonchev–Trinajstić information content (AvgIpc) is 2.37. The molecule has 19 heavy (non-hydrogen) atoms. The predicted octanol–water partition coefficient (Wildman–Crippen LogP) is 1.78. The molecule has 0 saturated carbocycles. The summed E-state index contributed by atoms with van der Waals surface area (Å²) < 4.78 is 5.67. The number of fused-ring (bicyclic) bond motifs is 1. The molecule has 0 bridgehead atoms. The Hall–Kier alpha value is -1.99. The normalized spacial score (nSPS) is 21.3. The zero-order valence-electron chi connectivity index (χ0n) is 10.9. The predicted molar refractivity (Wildman–Crippen MR) is 71.9 cm³/mol. The molecule has 0 fully saturated rings. The summed E-state index contributed by atoms with van der Waals surface area (Å²) in [5, 5.41) is 9.03. The molecule has 1 aromatic carbocycles. The van der Waals surface area contributed by atoms with Gasteiger partial charge >= 0.3 is 5.97 Å². The number of carbonyl (C=O) groups is 1. The summed E-state index contributed by atoms with van der Waals surface area (Å²) >= 11 is 0. The van der Waals surface area contributed by atoms with Crippen LogP contribution in [0.5, 0.6) is 5.75 Å². The lowest BCUT2D eigenvalue weighted by molar-refractivity contribution is -0.139. The van der Waals surface area contributed by atoms with Crippen LogP contribution in [0.3, 0.4) is 0 Å². The second-order valence-electron chi connectivity index (χ2n) is 4.77. The van der Waals surface area contributed by atoms with E-state index in [4.69, 9.17) is 16.3 Å². The van der Waals surface area contributed by atoms with Gasteiger partial charge in [0.15, 0.2) is 0 Å². The number of terminal acetylenes is 1. The van der Waals surface area contributed by atoms with Crippen LogP contribution >= 0.6 is 0 Å². The smallest absolute Gasteiger partial charge is 0.317 e. The van der Waals surface area contributed by atoms with E-state index in [1.165, 1.54) is 0 Å². The van der Waals surface area contributed by atoms with E-state index in [2.05, 4.69) is 5.92 Å². The van der Waals surface area contributed by atoms with Gasteiger partial charge in [-0.25, -0.2) is 0 Å². The number of nitrogens with zero attached hydrogens (tertiary/aromatic N) is 1. The number of hydrogen-bond donors (Lipinski definition) is 1. The van der Waals surface area contributed by atoms with Gasteiger partial charge in [0, 0.05) is 17.5 Å². The van der Waals surface area contributed by atoms with E-state index in [-0.39, 0.29) is 18.5 Å². The first-order valence-electron chi connectivity index (χ1n) is 6.24. The van der Waals surface area contributed by atoms with Crippen molar-refractivity contribution in [3.8, 4) is 18.1 Å². The van der Waals surface area contributed by atoms with Crippen molar-refractivity contribution in [2.24, 2.45) is 5.92 Å². The molecule has 1 aliphatic heterocycles. The molecular formula is C15H17NO3. The Morgan fingerprint density at radius 3 is 3.00 bits per heavy atom. The zero-order valence-corrected chi connectivity index (χ0v) is 10.9. The van der Waals surface area contributed by atoms with Crippen molar-refractivity contribution in [1.29, 1.82) is 0 Å². The molecule has 0 radical (unpaired) electrons. The van der Waals surface area contributed by atoms with Crippen LogP contribution in [0.1, 0.15) is 18.5 Å². The van der Waals surface area contributed by atoms with Gasteiger partial charge in [0.05, 0.1) is 19.7 Å². The Morgan fingerprint density at radius 1 is 1.58 bits per heavy atom. The lowest BCUT2D eigenvalue weighted by Gasteiger charge is -2.38. The largest absolute Gasteiger partial charge is 0.493 e. The Balaban J connectivity index is 2.35. The lowest BCUT2D eigenvalue weighted by atomic mass is 9.90. The van der Waals surface area contributed by atoms with Crippen LogP contribution in [0.25, 0.3) is 0 Å². The number of para-hydroxylation sites is 1. The highest BCUT2D eigenvalue weighted by Crippen LogP contribution is 2.38. The Kier molecular flexibility index (Phi) is 4.08. The van der Waals surface area contributed by atoms with Gasteiger partial charge in [0.25, 0.3) is 0 Å². The van der Waals surface area contributed by atoms with Crippen LogP contribution in [0.2, 0.25) is 0 Å². The Labute approximate surface area is 113 Å². The molecule has 0 amide bonds. The van der Waals surface area contributed by atoms with E-state index in [1.807, 2.05) is 36.1 Å². The van der Waals surface area contributed by atoms with Crippen molar-refractivity contribution in [1.82, 2.24) is 4.90 Å². The summed E-state index contributed by atoms with van der Waals surface area (Å²) in [7, 11) is 0. The molecular weight excluding hydrogens is 242 g/mol. The number of benzene rings is 1. The first-order valence-corrected chi connectivity index (χ1v) is 6.24. The van der Waals surface area contributed by atoms with Crippen LogP contribution in [0.15, 0.2) is 24.3 Å². The van der Waals surface area contributed by atoms with Crippen molar-refractivity contribution in [3.63, 3.8) is 0 Å². The fourth-order valence-electron chi connectivity index (χ4n) is 2.58. The summed E-state index contributed by atoms with van der Waals surface area (Å²) in [5.74, 6) is 2.69. The van der Waals surface area contributed by atoms with E-state index in [0.29, 0.717) is 13.2 Å². The van der Waals surface area contributed by atoms with Crippen LogP contribution < -0.4 is 4.74 Å². The summed E-state index contributed by atoms with van der Waals surface area (Å²) in [6, 6.07) is 7.71. The fraction of sp³-hybridized carbons (Fsp3) is 0.400. The number of carboxylic acid groups (broad SMARTS) is 1. The van der Waals surface area contributed by atoms with Crippen LogP contribution in [0.4, 0.5) is 0 Å². The maximum Gasteiger partial charge on any atom is 0.317 e. The molecule has 1 aromatic rings. The number of hydrogen-bond acceptors (Lipinski definition) is 3. The minimum absolute atomic E-state index is 0.0166. The first kappa shape index (κ1) is 13.4. The van der Waals surface area contributed by atoms with Gasteiger partial charge in [-0.05, 0) is 6.07 Å². The van der Waals surface area contributed by atoms with Gasteiger partial charge in [-0.3, -0.25) is 9.69 Å². The summed E-state index contributed by atoms with van der Waals surface area (Å²) in [6.45, 7) is 2.87. The van der Waals surface area contributed by atoms with Gasteiger partial charge in [0.2, 0.25) is 0 Å². The minimum atomic E-state index is -0.869. The third-order valence-electron chi connectivity index (χ3n) is 3.30. The standard InChI is InChI=1S/C15H17NO3/c1-3-8-16(9-14(17)18)15-11(2)10-19-13-7-5-4-6-12(13)15/h1,4-7,11,15H,8-10H2,2H3,(H,17,18). The molecule has 0 saturated heterocycles. The van der Waals surface area contributed by atoms with Gasteiger partial charge < -0.3 is 9.84 Å². The van der Waals surface area contributed by atoms with Crippen molar-refractivity contribution in [3.05, 3.63) is 29.8 Å². The number of aliphatic carboxylic acids is 1. The molecule has 2 unspecified atom stereocenters. The molecule has 1 heterocycles. The molecule has 1 N–H and O–H groups in total. The van der Waals surface area contributed by atoms with E-state index in [0.717, 1.165) is 11.3 Å². The molecule has 2 rings (SSSR count). The Bertz CT molecular complexity index is 506. The third-order valence-corrected chi connectivity index (χ3v) is 3.30. The first-order chi connectivity index (χ1) is 9.13. The number of ether oxygens (including phenoxy) is 1. The van der Waals surface area contributed by atoms with E-state index in [9.17, 15) is 4.79 Å². The summed E-state index contributed by atoms with van der Waals surface area (Å²) in [4.78, 5) is 12.8. The number of rotatable bonds is 4. The molecule has 0 spiro atoms. The maximum absolute atomic E-state index is 11.0. The molecule has 2 atom stereocenters. The van der Waals surface area contributed by atoms with E-state index >= 15 is 0 Å². The Morgan fingerprint density at radius 2 is 2.32 bits per heavy atom. The van der Waals surface area contributed by atoms with Gasteiger partial charge in [-0.2, -0.15) is 0 Å². The second kappa shape index (κ2) is 5.77. The maximum atomic E-state index is 11.0.